The Morgan fingerprint density at radius 2 is 1.70 bits per heavy atom. The minimum Gasteiger partial charge on any atom is -0.316 e. The molecule has 0 saturated heterocycles. The number of aromatic nitrogens is 4. The van der Waals surface area contributed by atoms with Crippen molar-refractivity contribution in [2.24, 2.45) is 14.1 Å². The van der Waals surface area contributed by atoms with Crippen LogP contribution in [-0.4, -0.2) is 35.1 Å². The van der Waals surface area contributed by atoms with Gasteiger partial charge in [0.2, 0.25) is 0 Å². The average molecular weight is 465 g/mol. The molecule has 0 unspecified atom stereocenters. The van der Waals surface area contributed by atoms with E-state index < -0.39 is 16.2 Å². The molecule has 2 aromatic heterocycles. The lowest BCUT2D eigenvalue weighted by molar-refractivity contribution is -0.384. The monoisotopic (exact) mass is 465 g/mol. The second-order valence-corrected chi connectivity index (χ2v) is 8.30. The number of nitrogens with zero attached hydrogens (tertiary/aromatic N) is 5. The number of benzene rings is 2. The zero-order chi connectivity index (χ0) is 23.7. The Balaban J connectivity index is 1.64. The van der Waals surface area contributed by atoms with E-state index in [9.17, 15) is 24.5 Å². The van der Waals surface area contributed by atoms with Gasteiger partial charge in [0.25, 0.3) is 11.2 Å². The Morgan fingerprint density at radius 1 is 1.03 bits per heavy atom. The summed E-state index contributed by atoms with van der Waals surface area (Å²) in [4.78, 5) is 53.2. The number of nitro benzene ring substituents is 1. The molecule has 0 aliphatic heterocycles. The van der Waals surface area contributed by atoms with Crippen molar-refractivity contribution in [1.29, 1.82) is 0 Å². The highest BCUT2D eigenvalue weighted by molar-refractivity contribution is 7.99. The van der Waals surface area contributed by atoms with Crippen molar-refractivity contribution in [2.45, 2.75) is 11.7 Å². The summed E-state index contributed by atoms with van der Waals surface area (Å²) >= 11 is 1.12. The van der Waals surface area contributed by atoms with Crippen molar-refractivity contribution in [1.82, 2.24) is 18.7 Å². The van der Waals surface area contributed by atoms with Crippen molar-refractivity contribution in [2.75, 3.05) is 5.75 Å². The molecule has 2 aromatic carbocycles. The predicted molar refractivity (Wildman–Crippen MR) is 124 cm³/mol. The molecule has 0 aliphatic rings. The Hall–Kier alpha value is -3.99. The van der Waals surface area contributed by atoms with Crippen LogP contribution >= 0.6 is 11.8 Å². The van der Waals surface area contributed by atoms with Crippen molar-refractivity contribution >= 4 is 34.4 Å². The SMILES string of the molecule is Cn1c(SCC(=O)c2ccc([N+](=O)[O-])cc2)nc2c1c(=O)n(Cc1ccccc1)c(=O)n2C. The number of ketones is 1. The number of carbonyl (C=O) groups excluding carboxylic acids is 1. The van der Waals surface area contributed by atoms with Gasteiger partial charge in [-0.2, -0.15) is 0 Å². The lowest BCUT2D eigenvalue weighted by Gasteiger charge is -2.08. The summed E-state index contributed by atoms with van der Waals surface area (Å²) in [5.41, 5.74) is 0.627. The first-order valence-corrected chi connectivity index (χ1v) is 10.9. The van der Waals surface area contributed by atoms with E-state index in [4.69, 9.17) is 0 Å². The van der Waals surface area contributed by atoms with Crippen LogP contribution in [0.2, 0.25) is 0 Å². The summed E-state index contributed by atoms with van der Waals surface area (Å²) < 4.78 is 4.06. The maximum atomic E-state index is 13.1. The van der Waals surface area contributed by atoms with Gasteiger partial charge in [0, 0.05) is 31.8 Å². The summed E-state index contributed by atoms with van der Waals surface area (Å²) in [5.74, 6) is -0.224. The van der Waals surface area contributed by atoms with E-state index in [1.807, 2.05) is 30.3 Å². The zero-order valence-electron chi connectivity index (χ0n) is 17.8. The van der Waals surface area contributed by atoms with Crippen LogP contribution in [-0.2, 0) is 20.6 Å². The standard InChI is InChI=1S/C22H19N5O5S/c1-24-18-19(25(2)22(30)26(20(18)29)12-14-6-4-3-5-7-14)23-21(24)33-13-17(28)15-8-10-16(11-9-15)27(31)32/h3-11H,12-13H2,1-2H3. The third kappa shape index (κ3) is 4.22. The molecule has 0 amide bonds. The molecule has 11 heteroatoms. The number of hydrogen-bond acceptors (Lipinski definition) is 7. The largest absolute Gasteiger partial charge is 0.332 e. The van der Waals surface area contributed by atoms with E-state index >= 15 is 0 Å². The molecule has 168 valence electrons. The van der Waals surface area contributed by atoms with Crippen LogP contribution in [0.3, 0.4) is 0 Å². The van der Waals surface area contributed by atoms with Gasteiger partial charge in [-0.3, -0.25) is 28.8 Å². The molecule has 0 saturated carbocycles. The summed E-state index contributed by atoms with van der Waals surface area (Å²) in [7, 11) is 3.21. The Morgan fingerprint density at radius 3 is 2.33 bits per heavy atom. The van der Waals surface area contributed by atoms with Crippen molar-refractivity contribution in [3.8, 4) is 0 Å². The van der Waals surface area contributed by atoms with Crippen LogP contribution in [0.4, 0.5) is 5.69 Å². The van der Waals surface area contributed by atoms with E-state index in [0.717, 1.165) is 21.9 Å². The second kappa shape index (κ2) is 8.87. The number of hydrogen-bond donors (Lipinski definition) is 0. The summed E-state index contributed by atoms with van der Waals surface area (Å²) in [6.45, 7) is 0.134. The molecule has 10 nitrogen and oxygen atoms in total. The number of imidazole rings is 1. The smallest absolute Gasteiger partial charge is 0.316 e. The predicted octanol–water partition coefficient (Wildman–Crippen LogP) is 2.37. The van der Waals surface area contributed by atoms with Crippen LogP contribution in [0, 0.1) is 10.1 Å². The number of aryl methyl sites for hydroxylation is 2. The highest BCUT2D eigenvalue weighted by atomic mass is 32.2. The number of fused-ring (bicyclic) bond motifs is 1. The topological polar surface area (TPSA) is 122 Å². The van der Waals surface area contributed by atoms with Crippen molar-refractivity contribution in [3.63, 3.8) is 0 Å². The van der Waals surface area contributed by atoms with E-state index in [-0.39, 0.29) is 34.9 Å². The molecule has 0 aliphatic carbocycles. The van der Waals surface area contributed by atoms with Gasteiger partial charge in [-0.1, -0.05) is 42.1 Å². The maximum Gasteiger partial charge on any atom is 0.332 e. The number of thioether (sulfide) groups is 1. The highest BCUT2D eigenvalue weighted by Gasteiger charge is 2.20. The van der Waals surface area contributed by atoms with Gasteiger partial charge in [-0.15, -0.1) is 0 Å². The molecule has 0 fully saturated rings. The van der Waals surface area contributed by atoms with E-state index in [1.165, 1.54) is 28.8 Å². The summed E-state index contributed by atoms with van der Waals surface area (Å²) in [6, 6.07) is 14.6. The number of carbonyl (C=O) groups is 1. The van der Waals surface area contributed by atoms with Gasteiger partial charge < -0.3 is 4.57 Å². The van der Waals surface area contributed by atoms with Gasteiger partial charge in [-0.25, -0.2) is 9.78 Å². The van der Waals surface area contributed by atoms with Gasteiger partial charge in [0.15, 0.2) is 22.1 Å². The lowest BCUT2D eigenvalue weighted by Crippen LogP contribution is -2.39. The molecule has 4 aromatic rings. The van der Waals surface area contributed by atoms with E-state index in [1.54, 1.807) is 18.7 Å². The molecule has 4 rings (SSSR count). The van der Waals surface area contributed by atoms with Crippen LogP contribution in [0.5, 0.6) is 0 Å². The molecular formula is C22H19N5O5S. The fraction of sp³-hybridized carbons (Fsp3) is 0.182. The van der Waals surface area contributed by atoms with Crippen LogP contribution in [0.25, 0.3) is 11.2 Å². The number of non-ortho nitro benzene ring substituents is 1. The molecule has 2 heterocycles. The maximum absolute atomic E-state index is 13.1. The van der Waals surface area contributed by atoms with E-state index in [2.05, 4.69) is 4.98 Å². The van der Waals surface area contributed by atoms with Crippen molar-refractivity contribution in [3.05, 3.63) is 96.7 Å². The molecule has 33 heavy (non-hydrogen) atoms. The minimum absolute atomic E-state index is 0.0150. The Bertz CT molecular complexity index is 1490. The first-order valence-electron chi connectivity index (χ1n) is 9.88. The quantitative estimate of drug-likeness (QED) is 0.178. The fourth-order valence-electron chi connectivity index (χ4n) is 3.44. The van der Waals surface area contributed by atoms with Crippen LogP contribution in [0.15, 0.2) is 69.3 Å². The second-order valence-electron chi connectivity index (χ2n) is 7.36. The Kier molecular flexibility index (Phi) is 5.97. The lowest BCUT2D eigenvalue weighted by atomic mass is 10.1. The van der Waals surface area contributed by atoms with Crippen molar-refractivity contribution < 1.29 is 9.72 Å². The average Bonchev–Trinajstić information content (AvgIpc) is 3.16. The minimum atomic E-state index is -0.530. The molecule has 0 spiro atoms. The van der Waals surface area contributed by atoms with Gasteiger partial charge >= 0.3 is 5.69 Å². The zero-order valence-corrected chi connectivity index (χ0v) is 18.6. The van der Waals surface area contributed by atoms with Gasteiger partial charge in [0.05, 0.1) is 17.2 Å². The Labute approximate surface area is 191 Å². The van der Waals surface area contributed by atoms with Crippen LogP contribution in [0.1, 0.15) is 15.9 Å². The molecule has 0 radical (unpaired) electrons. The first-order chi connectivity index (χ1) is 15.8. The van der Waals surface area contributed by atoms with E-state index in [0.29, 0.717) is 10.7 Å². The summed E-state index contributed by atoms with van der Waals surface area (Å²) in [6.07, 6.45) is 0. The number of rotatable bonds is 7. The number of Topliss-reactive ketones (excluding diaryl/α,β-unsaturated/α-hetero) is 1. The first kappa shape index (κ1) is 22.2. The third-order valence-electron chi connectivity index (χ3n) is 5.23. The van der Waals surface area contributed by atoms with Gasteiger partial charge in [-0.05, 0) is 17.7 Å². The number of nitro groups is 1. The molecule has 0 N–H and O–H groups in total. The molecular weight excluding hydrogens is 446 g/mol. The van der Waals surface area contributed by atoms with Crippen LogP contribution < -0.4 is 11.2 Å². The molecule has 0 bridgehead atoms. The summed E-state index contributed by atoms with van der Waals surface area (Å²) in [5, 5.41) is 11.2. The molecule has 0 atom stereocenters. The van der Waals surface area contributed by atoms with Gasteiger partial charge in [0.1, 0.15) is 0 Å². The normalized spacial score (nSPS) is 11.1. The third-order valence-corrected chi connectivity index (χ3v) is 6.26. The highest BCUT2D eigenvalue weighted by Crippen LogP contribution is 2.22. The fourth-order valence-corrected chi connectivity index (χ4v) is 4.30.